The summed E-state index contributed by atoms with van der Waals surface area (Å²) >= 11 is 34.6. The van der Waals surface area contributed by atoms with Crippen molar-refractivity contribution in [3.63, 3.8) is 0 Å². The third-order valence-electron chi connectivity index (χ3n) is 2.93. The molecule has 6 heteroatoms. The van der Waals surface area contributed by atoms with Crippen molar-refractivity contribution in [3.05, 3.63) is 35.4 Å². The second-order valence-electron chi connectivity index (χ2n) is 4.71. The van der Waals surface area contributed by atoms with Gasteiger partial charge < -0.3 is 0 Å². The van der Waals surface area contributed by atoms with Crippen LogP contribution in [0.3, 0.4) is 0 Å². The van der Waals surface area contributed by atoms with Crippen molar-refractivity contribution in [2.24, 2.45) is 0 Å². The molecule has 0 nitrogen and oxygen atoms in total. The Kier molecular flexibility index (Phi) is 8.13. The molecule has 20 heavy (non-hydrogen) atoms. The van der Waals surface area contributed by atoms with Crippen LogP contribution in [0.1, 0.15) is 36.8 Å². The first kappa shape index (κ1) is 19.0. The van der Waals surface area contributed by atoms with Crippen LogP contribution < -0.4 is 0 Å². The summed E-state index contributed by atoms with van der Waals surface area (Å²) in [6.45, 7) is 0. The maximum atomic E-state index is 5.76. The standard InChI is InChI=1S/C14H16Cl6/c15-13(16,17)9-3-7-11-5-1-2-6-12(11)8-4-10-14(18,19)20/h1-2,5-6H,3-4,7-10H2. The molecule has 114 valence electrons. The third-order valence-corrected chi connectivity index (χ3v) is 4.07. The first-order valence-electron chi connectivity index (χ1n) is 6.38. The number of rotatable bonds is 6. The molecule has 0 unspecified atom stereocenters. The molecular formula is C14H16Cl6. The van der Waals surface area contributed by atoms with E-state index in [4.69, 9.17) is 69.6 Å². The van der Waals surface area contributed by atoms with Crippen molar-refractivity contribution < 1.29 is 0 Å². The minimum atomic E-state index is -1.18. The van der Waals surface area contributed by atoms with Crippen molar-refractivity contribution in [3.8, 4) is 0 Å². The van der Waals surface area contributed by atoms with Crippen LogP contribution in [0.15, 0.2) is 24.3 Å². The van der Waals surface area contributed by atoms with Crippen molar-refractivity contribution in [1.29, 1.82) is 0 Å². The fraction of sp³-hybridized carbons (Fsp3) is 0.571. The van der Waals surface area contributed by atoms with E-state index in [0.717, 1.165) is 25.7 Å². The zero-order valence-electron chi connectivity index (χ0n) is 10.8. The summed E-state index contributed by atoms with van der Waals surface area (Å²) in [6, 6.07) is 8.23. The molecule has 1 aromatic rings. The van der Waals surface area contributed by atoms with Gasteiger partial charge >= 0.3 is 0 Å². The summed E-state index contributed by atoms with van der Waals surface area (Å²) in [7, 11) is 0. The average molecular weight is 397 g/mol. The number of halogens is 6. The lowest BCUT2D eigenvalue weighted by molar-refractivity contribution is 0.723. The van der Waals surface area contributed by atoms with Gasteiger partial charge in [-0.1, -0.05) is 93.9 Å². The molecule has 0 saturated heterocycles. The Balaban J connectivity index is 2.51. The first-order chi connectivity index (χ1) is 9.17. The normalized spacial score (nSPS) is 12.7. The molecule has 0 amide bonds. The summed E-state index contributed by atoms with van der Waals surface area (Å²) < 4.78 is -2.35. The topological polar surface area (TPSA) is 0 Å². The van der Waals surface area contributed by atoms with E-state index < -0.39 is 7.59 Å². The Hall–Kier alpha value is 0.960. The highest BCUT2D eigenvalue weighted by Crippen LogP contribution is 2.33. The number of hydrogen-bond donors (Lipinski definition) is 0. The Bertz CT molecular complexity index is 366. The predicted octanol–water partition coefficient (Wildman–Crippen LogP) is 7.07. The van der Waals surface area contributed by atoms with Gasteiger partial charge in [-0.3, -0.25) is 0 Å². The second-order valence-corrected chi connectivity index (χ2v) is 9.74. The molecule has 0 radical (unpaired) electrons. The van der Waals surface area contributed by atoms with E-state index in [9.17, 15) is 0 Å². The minimum absolute atomic E-state index is 0.542. The Morgan fingerprint density at radius 1 is 0.650 bits per heavy atom. The Morgan fingerprint density at radius 2 is 1.00 bits per heavy atom. The van der Waals surface area contributed by atoms with Gasteiger partial charge in [-0.2, -0.15) is 0 Å². The van der Waals surface area contributed by atoms with Crippen LogP contribution in [0, 0.1) is 0 Å². The number of hydrogen-bond acceptors (Lipinski definition) is 0. The Morgan fingerprint density at radius 3 is 1.30 bits per heavy atom. The van der Waals surface area contributed by atoms with Crippen LogP contribution in [0.25, 0.3) is 0 Å². The summed E-state index contributed by atoms with van der Waals surface area (Å²) in [5.41, 5.74) is 2.54. The molecule has 1 rings (SSSR count). The Labute approximate surface area is 150 Å². The molecule has 0 aliphatic rings. The van der Waals surface area contributed by atoms with E-state index >= 15 is 0 Å². The molecule has 0 N–H and O–H groups in total. The van der Waals surface area contributed by atoms with Crippen LogP contribution in [0.2, 0.25) is 0 Å². The zero-order chi connectivity index (χ0) is 15.2. The highest BCUT2D eigenvalue weighted by atomic mass is 35.6. The predicted molar refractivity (Wildman–Crippen MR) is 92.9 cm³/mol. The monoisotopic (exact) mass is 394 g/mol. The van der Waals surface area contributed by atoms with Gasteiger partial charge in [-0.15, -0.1) is 0 Å². The maximum Gasteiger partial charge on any atom is 0.190 e. The third kappa shape index (κ3) is 9.07. The molecule has 0 aliphatic carbocycles. The van der Waals surface area contributed by atoms with Crippen LogP contribution >= 0.6 is 69.6 Å². The molecule has 0 fully saturated rings. The van der Waals surface area contributed by atoms with Crippen molar-refractivity contribution in [1.82, 2.24) is 0 Å². The van der Waals surface area contributed by atoms with E-state index in [2.05, 4.69) is 12.1 Å². The van der Waals surface area contributed by atoms with Crippen molar-refractivity contribution in [2.45, 2.75) is 46.1 Å². The van der Waals surface area contributed by atoms with E-state index in [1.54, 1.807) is 0 Å². The summed E-state index contributed by atoms with van der Waals surface area (Å²) in [5, 5.41) is 0. The molecule has 0 atom stereocenters. The van der Waals surface area contributed by atoms with Gasteiger partial charge in [0.2, 0.25) is 0 Å². The second kappa shape index (κ2) is 8.56. The molecule has 0 spiro atoms. The summed E-state index contributed by atoms with van der Waals surface area (Å²) in [5.74, 6) is 0. The van der Waals surface area contributed by atoms with Gasteiger partial charge in [0.25, 0.3) is 0 Å². The fourth-order valence-electron chi connectivity index (χ4n) is 2.00. The maximum absolute atomic E-state index is 5.76. The molecule has 0 aromatic heterocycles. The molecule has 1 aromatic carbocycles. The highest BCUT2D eigenvalue weighted by Gasteiger charge is 2.20. The van der Waals surface area contributed by atoms with Gasteiger partial charge in [0.1, 0.15) is 0 Å². The zero-order valence-corrected chi connectivity index (χ0v) is 15.4. The van der Waals surface area contributed by atoms with E-state index in [1.807, 2.05) is 12.1 Å². The van der Waals surface area contributed by atoms with Gasteiger partial charge in [0.05, 0.1) is 0 Å². The molecular weight excluding hydrogens is 381 g/mol. The number of alkyl halides is 6. The molecule has 0 saturated carbocycles. The number of aryl methyl sites for hydroxylation is 2. The lowest BCUT2D eigenvalue weighted by Gasteiger charge is -2.14. The highest BCUT2D eigenvalue weighted by molar-refractivity contribution is 6.67. The smallest absolute Gasteiger partial charge is 0.0837 e. The lowest BCUT2D eigenvalue weighted by atomic mass is 9.98. The van der Waals surface area contributed by atoms with E-state index in [0.29, 0.717) is 12.8 Å². The SMILES string of the molecule is ClC(Cl)(Cl)CCCc1ccccc1CCCC(Cl)(Cl)Cl. The van der Waals surface area contributed by atoms with Crippen LogP contribution in [0.4, 0.5) is 0 Å². The van der Waals surface area contributed by atoms with Crippen LogP contribution in [0.5, 0.6) is 0 Å². The largest absolute Gasteiger partial charge is 0.190 e. The van der Waals surface area contributed by atoms with E-state index in [1.165, 1.54) is 11.1 Å². The van der Waals surface area contributed by atoms with Crippen molar-refractivity contribution in [2.75, 3.05) is 0 Å². The van der Waals surface area contributed by atoms with Crippen LogP contribution in [-0.4, -0.2) is 7.59 Å². The molecule has 0 heterocycles. The van der Waals surface area contributed by atoms with Gasteiger partial charge in [0, 0.05) is 0 Å². The van der Waals surface area contributed by atoms with Gasteiger partial charge in [-0.05, 0) is 49.7 Å². The van der Waals surface area contributed by atoms with Gasteiger partial charge in [-0.25, -0.2) is 0 Å². The fourth-order valence-corrected chi connectivity index (χ4v) is 2.81. The quantitative estimate of drug-likeness (QED) is 0.451. The molecule has 0 aliphatic heterocycles. The van der Waals surface area contributed by atoms with Crippen LogP contribution in [-0.2, 0) is 12.8 Å². The first-order valence-corrected chi connectivity index (χ1v) is 8.64. The lowest BCUT2D eigenvalue weighted by Crippen LogP contribution is -2.05. The average Bonchev–Trinajstić information content (AvgIpc) is 2.28. The minimum Gasteiger partial charge on any atom is -0.0837 e. The molecule has 0 bridgehead atoms. The van der Waals surface area contributed by atoms with E-state index in [-0.39, 0.29) is 0 Å². The van der Waals surface area contributed by atoms with Crippen molar-refractivity contribution >= 4 is 69.6 Å². The summed E-state index contributed by atoms with van der Waals surface area (Å²) in [4.78, 5) is 0. The van der Waals surface area contributed by atoms with Gasteiger partial charge in [0.15, 0.2) is 7.59 Å². The summed E-state index contributed by atoms with van der Waals surface area (Å²) in [6.07, 6.45) is 4.52. The number of benzene rings is 1.